The van der Waals surface area contributed by atoms with Crippen LogP contribution in [0.5, 0.6) is 0 Å². The fourth-order valence-corrected chi connectivity index (χ4v) is 4.62. The second-order valence-corrected chi connectivity index (χ2v) is 9.00. The molecule has 0 aliphatic heterocycles. The van der Waals surface area contributed by atoms with Crippen LogP contribution in [0.3, 0.4) is 0 Å². The van der Waals surface area contributed by atoms with Gasteiger partial charge in [0.1, 0.15) is 10.6 Å². The zero-order valence-electron chi connectivity index (χ0n) is 19.7. The van der Waals surface area contributed by atoms with Crippen molar-refractivity contribution >= 4 is 40.6 Å². The fourth-order valence-electron chi connectivity index (χ4n) is 3.88. The summed E-state index contributed by atoms with van der Waals surface area (Å²) in [4.78, 5) is 40.7. The van der Waals surface area contributed by atoms with Gasteiger partial charge in [0.05, 0.1) is 12.0 Å². The zero-order chi connectivity index (χ0) is 25.8. The average molecular weight is 504 g/mol. The Bertz CT molecular complexity index is 1400. The van der Waals surface area contributed by atoms with E-state index >= 15 is 0 Å². The van der Waals surface area contributed by atoms with Crippen molar-refractivity contribution in [1.82, 2.24) is 9.69 Å². The summed E-state index contributed by atoms with van der Waals surface area (Å²) >= 11 is 0.752. The smallest absolute Gasteiger partial charge is 0.273 e. The Kier molecular flexibility index (Phi) is 7.16. The maximum absolute atomic E-state index is 14.0. The molecule has 4 aromatic rings. The van der Waals surface area contributed by atoms with Gasteiger partial charge in [0.15, 0.2) is 11.7 Å². The number of aromatic nitrogens is 1. The number of nitrogens with two attached hydrogens (primary N) is 2. The molecule has 1 atom stereocenters. The van der Waals surface area contributed by atoms with Crippen molar-refractivity contribution < 1.29 is 18.8 Å². The van der Waals surface area contributed by atoms with Crippen LogP contribution in [0.15, 0.2) is 71.3 Å². The molecule has 0 saturated carbocycles. The van der Waals surface area contributed by atoms with Crippen molar-refractivity contribution in [3.8, 4) is 0 Å². The first kappa shape index (κ1) is 24.7. The molecule has 0 bridgehead atoms. The monoisotopic (exact) mass is 503 g/mol. The number of primary amides is 1. The second-order valence-electron chi connectivity index (χ2n) is 8.22. The van der Waals surface area contributed by atoms with Gasteiger partial charge >= 0.3 is 0 Å². The Balaban J connectivity index is 1.81. The van der Waals surface area contributed by atoms with E-state index in [9.17, 15) is 14.4 Å². The van der Waals surface area contributed by atoms with E-state index in [1.165, 1.54) is 11.2 Å². The summed E-state index contributed by atoms with van der Waals surface area (Å²) in [5.74, 6) is -1.66. The first-order valence-electron chi connectivity index (χ1n) is 11.1. The summed E-state index contributed by atoms with van der Waals surface area (Å²) in [7, 11) is 0. The van der Waals surface area contributed by atoms with Crippen LogP contribution in [0.2, 0.25) is 0 Å². The molecule has 2 aromatic carbocycles. The van der Waals surface area contributed by atoms with E-state index in [2.05, 4.69) is 9.69 Å². The number of rotatable bonds is 8. The van der Waals surface area contributed by atoms with Crippen molar-refractivity contribution in [1.29, 1.82) is 0 Å². The van der Waals surface area contributed by atoms with Crippen LogP contribution in [0.25, 0.3) is 0 Å². The van der Waals surface area contributed by atoms with E-state index in [0.29, 0.717) is 5.69 Å². The molecule has 2 heterocycles. The van der Waals surface area contributed by atoms with Crippen LogP contribution in [0.4, 0.5) is 11.4 Å². The van der Waals surface area contributed by atoms with Crippen LogP contribution < -0.4 is 21.7 Å². The van der Waals surface area contributed by atoms with Crippen LogP contribution in [0.1, 0.15) is 48.7 Å². The molecular formula is C26H25N5O4S. The van der Waals surface area contributed by atoms with E-state index in [1.54, 1.807) is 18.2 Å². The van der Waals surface area contributed by atoms with Crippen molar-refractivity contribution in [2.75, 3.05) is 10.6 Å². The maximum atomic E-state index is 14.0. The molecule has 1 unspecified atom stereocenters. The number of benzene rings is 2. The number of nitrogen functional groups attached to an aromatic ring is 1. The van der Waals surface area contributed by atoms with Crippen molar-refractivity contribution in [2.24, 2.45) is 5.73 Å². The van der Waals surface area contributed by atoms with E-state index < -0.39 is 23.8 Å². The summed E-state index contributed by atoms with van der Waals surface area (Å²) in [5.41, 5.74) is 14.2. The molecule has 0 aliphatic carbocycles. The minimum Gasteiger partial charge on any atom is -0.467 e. The topological polar surface area (TPSA) is 145 Å². The standard InChI is InChI=1S/C26H25N5O4S/c1-15-10-11-18(16(2)13-15)31(26(34)23-20(27)21(24(28)32)30-36-23)22(19-9-6-12-35-19)25(33)29-14-17-7-4-3-5-8-17/h3-13,22H,14,27H2,1-2H3,(H2,28,32)(H,29,33). The molecular weight excluding hydrogens is 478 g/mol. The van der Waals surface area contributed by atoms with Crippen LogP contribution in [0, 0.1) is 13.8 Å². The van der Waals surface area contributed by atoms with Gasteiger partial charge in [0.25, 0.3) is 17.7 Å². The van der Waals surface area contributed by atoms with Gasteiger partial charge in [0.2, 0.25) is 0 Å². The highest BCUT2D eigenvalue weighted by molar-refractivity contribution is 7.09. The zero-order valence-corrected chi connectivity index (χ0v) is 20.5. The van der Waals surface area contributed by atoms with Gasteiger partial charge < -0.3 is 21.2 Å². The molecule has 5 N–H and O–H groups in total. The SMILES string of the molecule is Cc1ccc(N(C(=O)c2snc(C(N)=O)c2N)C(C(=O)NCc2ccccc2)c2ccco2)c(C)c1. The van der Waals surface area contributed by atoms with Gasteiger partial charge in [-0.25, -0.2) is 0 Å². The van der Waals surface area contributed by atoms with Crippen LogP contribution in [-0.4, -0.2) is 22.1 Å². The van der Waals surface area contributed by atoms with Crippen LogP contribution in [-0.2, 0) is 11.3 Å². The summed E-state index contributed by atoms with van der Waals surface area (Å²) in [6.07, 6.45) is 1.43. The van der Waals surface area contributed by atoms with E-state index in [-0.39, 0.29) is 28.6 Å². The van der Waals surface area contributed by atoms with Crippen molar-refractivity contribution in [3.63, 3.8) is 0 Å². The highest BCUT2D eigenvalue weighted by Crippen LogP contribution is 2.35. The average Bonchev–Trinajstić information content (AvgIpc) is 3.52. The van der Waals surface area contributed by atoms with Crippen molar-refractivity contribution in [2.45, 2.75) is 26.4 Å². The summed E-state index contributed by atoms with van der Waals surface area (Å²) in [6.45, 7) is 4.02. The molecule has 0 spiro atoms. The molecule has 0 radical (unpaired) electrons. The third kappa shape index (κ3) is 4.98. The minimum absolute atomic E-state index is 0.00353. The van der Waals surface area contributed by atoms with Gasteiger partial charge in [-0.1, -0.05) is 48.0 Å². The number of hydrogen-bond acceptors (Lipinski definition) is 7. The lowest BCUT2D eigenvalue weighted by Gasteiger charge is -2.31. The number of anilines is 2. The predicted molar refractivity (Wildman–Crippen MR) is 138 cm³/mol. The van der Waals surface area contributed by atoms with Gasteiger partial charge in [-0.2, -0.15) is 4.37 Å². The lowest BCUT2D eigenvalue weighted by Crippen LogP contribution is -2.44. The Hall–Kier alpha value is -4.44. The van der Waals surface area contributed by atoms with Gasteiger partial charge in [-0.15, -0.1) is 0 Å². The number of hydrogen-bond donors (Lipinski definition) is 3. The summed E-state index contributed by atoms with van der Waals surface area (Å²) < 4.78 is 9.58. The fraction of sp³-hybridized carbons (Fsp3) is 0.154. The first-order chi connectivity index (χ1) is 17.3. The minimum atomic E-state index is -1.17. The molecule has 0 fully saturated rings. The summed E-state index contributed by atoms with van der Waals surface area (Å²) in [6, 6.07) is 17.0. The van der Waals surface area contributed by atoms with E-state index in [0.717, 1.165) is 28.2 Å². The van der Waals surface area contributed by atoms with Gasteiger partial charge in [-0.3, -0.25) is 19.3 Å². The van der Waals surface area contributed by atoms with E-state index in [4.69, 9.17) is 15.9 Å². The Morgan fingerprint density at radius 2 is 1.83 bits per heavy atom. The first-order valence-corrected chi connectivity index (χ1v) is 11.9. The maximum Gasteiger partial charge on any atom is 0.273 e. The van der Waals surface area contributed by atoms with Gasteiger partial charge in [-0.05, 0) is 54.7 Å². The number of aryl methyl sites for hydroxylation is 2. The normalized spacial score (nSPS) is 11.6. The molecule has 184 valence electrons. The predicted octanol–water partition coefficient (Wildman–Crippen LogP) is 3.74. The number of nitrogens with zero attached hydrogens (tertiary/aromatic N) is 2. The quantitative estimate of drug-likeness (QED) is 0.334. The van der Waals surface area contributed by atoms with Crippen LogP contribution >= 0.6 is 11.5 Å². The molecule has 0 saturated heterocycles. The highest BCUT2D eigenvalue weighted by atomic mass is 32.1. The Morgan fingerprint density at radius 3 is 2.44 bits per heavy atom. The number of amides is 3. The molecule has 0 aliphatic rings. The van der Waals surface area contributed by atoms with E-state index in [1.807, 2.05) is 56.3 Å². The molecule has 2 aromatic heterocycles. The highest BCUT2D eigenvalue weighted by Gasteiger charge is 2.38. The molecule has 9 nitrogen and oxygen atoms in total. The molecule has 3 amide bonds. The number of furan rings is 1. The third-order valence-electron chi connectivity index (χ3n) is 5.62. The molecule has 10 heteroatoms. The Morgan fingerprint density at radius 1 is 1.08 bits per heavy atom. The third-order valence-corrected chi connectivity index (χ3v) is 6.47. The second kappa shape index (κ2) is 10.4. The lowest BCUT2D eigenvalue weighted by atomic mass is 10.0. The molecule has 4 rings (SSSR count). The van der Waals surface area contributed by atoms with Crippen molar-refractivity contribution in [3.05, 3.63) is 99.9 Å². The number of carbonyl (C=O) groups excluding carboxylic acids is 3. The number of carbonyl (C=O) groups is 3. The Labute approximate surface area is 211 Å². The molecule has 36 heavy (non-hydrogen) atoms. The summed E-state index contributed by atoms with van der Waals surface area (Å²) in [5, 5.41) is 2.90. The number of nitrogens with one attached hydrogen (secondary N) is 1. The van der Waals surface area contributed by atoms with Gasteiger partial charge in [0, 0.05) is 12.2 Å². The lowest BCUT2D eigenvalue weighted by molar-refractivity contribution is -0.123. The largest absolute Gasteiger partial charge is 0.467 e.